The SMILES string of the molecule is Cc1ccn(CCN2CCOCC2)c(=O)c1C(=O)NC1C=CCC1. The summed E-state index contributed by atoms with van der Waals surface area (Å²) in [5, 5.41) is 2.94. The van der Waals surface area contributed by atoms with E-state index in [4.69, 9.17) is 4.74 Å². The number of nitrogens with one attached hydrogen (secondary N) is 1. The molecule has 1 unspecified atom stereocenters. The van der Waals surface area contributed by atoms with Crippen LogP contribution >= 0.6 is 0 Å². The van der Waals surface area contributed by atoms with Gasteiger partial charge in [-0.2, -0.15) is 0 Å². The third kappa shape index (κ3) is 3.94. The van der Waals surface area contributed by atoms with Gasteiger partial charge in [-0.15, -0.1) is 0 Å². The second kappa shape index (κ2) is 7.77. The van der Waals surface area contributed by atoms with Gasteiger partial charge in [0.05, 0.1) is 13.2 Å². The summed E-state index contributed by atoms with van der Waals surface area (Å²) in [7, 11) is 0. The molecule has 1 amide bonds. The first-order chi connectivity index (χ1) is 11.6. The largest absolute Gasteiger partial charge is 0.379 e. The zero-order valence-electron chi connectivity index (χ0n) is 14.2. The Morgan fingerprint density at radius 3 is 2.83 bits per heavy atom. The molecule has 6 nitrogen and oxygen atoms in total. The van der Waals surface area contributed by atoms with E-state index in [1.807, 2.05) is 19.1 Å². The molecule has 1 aromatic rings. The van der Waals surface area contributed by atoms with Crippen molar-refractivity contribution >= 4 is 5.91 Å². The molecule has 0 spiro atoms. The molecule has 6 heteroatoms. The average Bonchev–Trinajstić information content (AvgIpc) is 3.08. The second-order valence-corrected chi connectivity index (χ2v) is 6.41. The zero-order valence-corrected chi connectivity index (χ0v) is 14.2. The summed E-state index contributed by atoms with van der Waals surface area (Å²) in [6.07, 6.45) is 7.71. The first-order valence-corrected chi connectivity index (χ1v) is 8.63. The van der Waals surface area contributed by atoms with Crippen LogP contribution in [0.2, 0.25) is 0 Å². The Morgan fingerprint density at radius 2 is 2.12 bits per heavy atom. The van der Waals surface area contributed by atoms with Crippen LogP contribution in [0.5, 0.6) is 0 Å². The second-order valence-electron chi connectivity index (χ2n) is 6.41. The first-order valence-electron chi connectivity index (χ1n) is 8.63. The van der Waals surface area contributed by atoms with Gasteiger partial charge in [0, 0.05) is 38.4 Å². The van der Waals surface area contributed by atoms with Gasteiger partial charge in [-0.1, -0.05) is 12.2 Å². The summed E-state index contributed by atoms with van der Waals surface area (Å²) in [4.78, 5) is 27.5. The lowest BCUT2D eigenvalue weighted by atomic mass is 10.1. The number of aryl methyl sites for hydroxylation is 1. The lowest BCUT2D eigenvalue weighted by Gasteiger charge is -2.26. The van der Waals surface area contributed by atoms with Gasteiger partial charge < -0.3 is 14.6 Å². The standard InChI is InChI=1S/C18H25N3O3/c1-14-6-7-21(9-8-20-10-12-24-13-11-20)18(23)16(14)17(22)19-15-4-2-3-5-15/h2,4,6-7,15H,3,5,8-13H2,1H3,(H,19,22). The summed E-state index contributed by atoms with van der Waals surface area (Å²) >= 11 is 0. The van der Waals surface area contributed by atoms with E-state index < -0.39 is 0 Å². The molecule has 0 saturated carbocycles. The van der Waals surface area contributed by atoms with Gasteiger partial charge >= 0.3 is 0 Å². The number of hydrogen-bond donors (Lipinski definition) is 1. The number of ether oxygens (including phenoxy) is 1. The number of amides is 1. The fraction of sp³-hybridized carbons (Fsp3) is 0.556. The average molecular weight is 331 g/mol. The quantitative estimate of drug-likeness (QED) is 0.816. The lowest BCUT2D eigenvalue weighted by molar-refractivity contribution is 0.0362. The monoisotopic (exact) mass is 331 g/mol. The van der Waals surface area contributed by atoms with Gasteiger partial charge in [-0.3, -0.25) is 14.5 Å². The van der Waals surface area contributed by atoms with Crippen LogP contribution in [0.4, 0.5) is 0 Å². The third-order valence-electron chi connectivity index (χ3n) is 4.69. The van der Waals surface area contributed by atoms with E-state index in [1.165, 1.54) is 0 Å². The Balaban J connectivity index is 1.70. The van der Waals surface area contributed by atoms with E-state index in [9.17, 15) is 9.59 Å². The minimum absolute atomic E-state index is 0.0401. The van der Waals surface area contributed by atoms with Crippen LogP contribution in [0.3, 0.4) is 0 Å². The fourth-order valence-electron chi connectivity index (χ4n) is 3.18. The number of morpholine rings is 1. The van der Waals surface area contributed by atoms with E-state index in [-0.39, 0.29) is 23.1 Å². The molecule has 3 rings (SSSR count). The molecule has 0 bridgehead atoms. The molecule has 0 radical (unpaired) electrons. The van der Waals surface area contributed by atoms with Crippen molar-refractivity contribution in [2.45, 2.75) is 32.4 Å². The highest BCUT2D eigenvalue weighted by atomic mass is 16.5. The van der Waals surface area contributed by atoms with Gasteiger partial charge in [-0.05, 0) is 31.4 Å². The molecule has 1 N–H and O–H groups in total. The molecule has 0 aromatic carbocycles. The molecular weight excluding hydrogens is 306 g/mol. The third-order valence-corrected chi connectivity index (χ3v) is 4.69. The van der Waals surface area contributed by atoms with Crippen molar-refractivity contribution in [3.05, 3.63) is 45.9 Å². The smallest absolute Gasteiger partial charge is 0.263 e. The highest BCUT2D eigenvalue weighted by molar-refractivity contribution is 5.95. The van der Waals surface area contributed by atoms with E-state index in [1.54, 1.807) is 10.8 Å². The van der Waals surface area contributed by atoms with E-state index in [2.05, 4.69) is 16.3 Å². The number of aromatic nitrogens is 1. The summed E-state index contributed by atoms with van der Waals surface area (Å²) in [5.41, 5.74) is 0.782. The van der Waals surface area contributed by atoms with Crippen LogP contribution in [-0.4, -0.2) is 54.3 Å². The van der Waals surface area contributed by atoms with E-state index in [0.717, 1.165) is 51.3 Å². The maximum absolute atomic E-state index is 12.7. The topological polar surface area (TPSA) is 63.6 Å². The van der Waals surface area contributed by atoms with Crippen LogP contribution in [0.1, 0.15) is 28.8 Å². The number of hydrogen-bond acceptors (Lipinski definition) is 4. The molecule has 1 saturated heterocycles. The Labute approximate surface area is 142 Å². The van der Waals surface area contributed by atoms with Crippen LogP contribution in [0.15, 0.2) is 29.2 Å². The van der Waals surface area contributed by atoms with Gasteiger partial charge in [0.2, 0.25) is 0 Å². The number of carbonyl (C=O) groups excluding carboxylic acids is 1. The van der Waals surface area contributed by atoms with E-state index in [0.29, 0.717) is 6.54 Å². The van der Waals surface area contributed by atoms with Crippen molar-refractivity contribution in [1.82, 2.24) is 14.8 Å². The molecule has 1 aliphatic carbocycles. The molecule has 24 heavy (non-hydrogen) atoms. The van der Waals surface area contributed by atoms with Crippen LogP contribution in [-0.2, 0) is 11.3 Å². The Morgan fingerprint density at radius 1 is 1.33 bits per heavy atom. The maximum Gasteiger partial charge on any atom is 0.263 e. The predicted molar refractivity (Wildman–Crippen MR) is 92.3 cm³/mol. The summed E-state index contributed by atoms with van der Waals surface area (Å²) < 4.78 is 6.98. The Hall–Kier alpha value is -1.92. The van der Waals surface area contributed by atoms with Gasteiger partial charge in [0.1, 0.15) is 5.56 Å². The van der Waals surface area contributed by atoms with Crippen molar-refractivity contribution < 1.29 is 9.53 Å². The van der Waals surface area contributed by atoms with Crippen molar-refractivity contribution in [1.29, 1.82) is 0 Å². The van der Waals surface area contributed by atoms with Crippen molar-refractivity contribution in [2.75, 3.05) is 32.8 Å². The highest BCUT2D eigenvalue weighted by Gasteiger charge is 2.20. The van der Waals surface area contributed by atoms with Gasteiger partial charge in [0.25, 0.3) is 11.5 Å². The number of pyridine rings is 1. The maximum atomic E-state index is 12.7. The normalized spacial score (nSPS) is 21.1. The minimum atomic E-state index is -0.269. The number of carbonyl (C=O) groups is 1. The predicted octanol–water partition coefficient (Wildman–Crippen LogP) is 0.937. The molecule has 1 aliphatic heterocycles. The Kier molecular flexibility index (Phi) is 5.48. The molecule has 130 valence electrons. The van der Waals surface area contributed by atoms with E-state index >= 15 is 0 Å². The molecule has 1 atom stereocenters. The first kappa shape index (κ1) is 16.9. The summed E-state index contributed by atoms with van der Waals surface area (Å²) in [6, 6.07) is 1.89. The molecule has 2 heterocycles. The van der Waals surface area contributed by atoms with Crippen LogP contribution in [0.25, 0.3) is 0 Å². The van der Waals surface area contributed by atoms with Crippen molar-refractivity contribution in [3.8, 4) is 0 Å². The number of nitrogens with zero attached hydrogens (tertiary/aromatic N) is 2. The van der Waals surface area contributed by atoms with Crippen molar-refractivity contribution in [3.63, 3.8) is 0 Å². The fourth-order valence-corrected chi connectivity index (χ4v) is 3.18. The van der Waals surface area contributed by atoms with Crippen LogP contribution < -0.4 is 10.9 Å². The van der Waals surface area contributed by atoms with Crippen LogP contribution in [0, 0.1) is 6.92 Å². The Bertz CT molecular complexity index is 675. The van der Waals surface area contributed by atoms with Gasteiger partial charge in [0.15, 0.2) is 0 Å². The number of rotatable bonds is 5. The molecule has 1 aromatic heterocycles. The molecular formula is C18H25N3O3. The lowest BCUT2D eigenvalue weighted by Crippen LogP contribution is -2.41. The molecule has 2 aliphatic rings. The number of allylic oxidation sites excluding steroid dienone is 1. The van der Waals surface area contributed by atoms with Gasteiger partial charge in [-0.25, -0.2) is 0 Å². The highest BCUT2D eigenvalue weighted by Crippen LogP contribution is 2.10. The molecule has 1 fully saturated rings. The summed E-state index contributed by atoms with van der Waals surface area (Å²) in [6.45, 7) is 6.45. The zero-order chi connectivity index (χ0) is 16.9. The van der Waals surface area contributed by atoms with Crippen molar-refractivity contribution in [2.24, 2.45) is 0 Å². The minimum Gasteiger partial charge on any atom is -0.379 e. The summed E-state index contributed by atoms with van der Waals surface area (Å²) in [5.74, 6) is -0.269.